The summed E-state index contributed by atoms with van der Waals surface area (Å²) in [6.45, 7) is 0. The van der Waals surface area contributed by atoms with Crippen molar-refractivity contribution in [1.29, 1.82) is 5.26 Å². The molecule has 0 bridgehead atoms. The molecular weight excluding hydrogens is 292 g/mol. The smallest absolute Gasteiger partial charge is 0.160 e. The summed E-state index contributed by atoms with van der Waals surface area (Å²) in [6, 6.07) is 11.8. The molecule has 2 aromatic heterocycles. The first kappa shape index (κ1) is 10.9. The summed E-state index contributed by atoms with van der Waals surface area (Å²) in [5, 5.41) is 9.11. The molecule has 4 nitrogen and oxygen atoms in total. The quantitative estimate of drug-likeness (QED) is 0.694. The molecule has 3 rings (SSSR count). The molecule has 0 aliphatic carbocycles. The highest BCUT2D eigenvalue weighted by Gasteiger charge is 2.13. The summed E-state index contributed by atoms with van der Waals surface area (Å²) in [6.07, 6.45) is 3.52. The van der Waals surface area contributed by atoms with Gasteiger partial charge in [-0.2, -0.15) is 5.26 Å². The van der Waals surface area contributed by atoms with Gasteiger partial charge in [0, 0.05) is 18.0 Å². The lowest BCUT2D eigenvalue weighted by Crippen LogP contribution is -1.99. The molecule has 0 aliphatic rings. The highest BCUT2D eigenvalue weighted by atomic mass is 79.9. The fraction of sp³-hybridized carbons (Fsp3) is 0. The van der Waals surface area contributed by atoms with E-state index < -0.39 is 0 Å². The Morgan fingerprint density at radius 2 is 2.00 bits per heavy atom. The third kappa shape index (κ3) is 1.59. The van der Waals surface area contributed by atoms with Crippen molar-refractivity contribution in [3.63, 3.8) is 0 Å². The molecule has 0 saturated heterocycles. The monoisotopic (exact) mass is 298 g/mol. The Kier molecular flexibility index (Phi) is 2.58. The van der Waals surface area contributed by atoms with Crippen molar-refractivity contribution in [2.45, 2.75) is 0 Å². The summed E-state index contributed by atoms with van der Waals surface area (Å²) in [5.74, 6) is 0.711. The van der Waals surface area contributed by atoms with Crippen LogP contribution in [0.1, 0.15) is 5.69 Å². The minimum absolute atomic E-state index is 0.340. The van der Waals surface area contributed by atoms with Crippen LogP contribution in [0, 0.1) is 11.3 Å². The van der Waals surface area contributed by atoms with Crippen molar-refractivity contribution >= 4 is 21.6 Å². The minimum Gasteiger partial charge on any atom is -0.283 e. The van der Waals surface area contributed by atoms with Crippen LogP contribution in [0.25, 0.3) is 17.0 Å². The van der Waals surface area contributed by atoms with Crippen LogP contribution in [0.5, 0.6) is 0 Å². The van der Waals surface area contributed by atoms with Gasteiger partial charge in [0.25, 0.3) is 0 Å². The van der Waals surface area contributed by atoms with Crippen LogP contribution >= 0.6 is 15.9 Å². The molecule has 0 fully saturated rings. The molecule has 5 heteroatoms. The topological polar surface area (TPSA) is 54.0 Å². The van der Waals surface area contributed by atoms with Gasteiger partial charge in [0.1, 0.15) is 11.9 Å². The van der Waals surface area contributed by atoms with E-state index >= 15 is 0 Å². The maximum Gasteiger partial charge on any atom is 0.160 e. The normalized spacial score (nSPS) is 10.4. The van der Waals surface area contributed by atoms with E-state index in [9.17, 15) is 0 Å². The second kappa shape index (κ2) is 4.24. The molecule has 0 N–H and O–H groups in total. The predicted octanol–water partition coefficient (Wildman–Crippen LogP) is 3.03. The molecule has 18 heavy (non-hydrogen) atoms. The van der Waals surface area contributed by atoms with Crippen LogP contribution in [0.3, 0.4) is 0 Å². The minimum atomic E-state index is 0.340. The van der Waals surface area contributed by atoms with Crippen LogP contribution in [0.15, 0.2) is 47.2 Å². The van der Waals surface area contributed by atoms with Crippen LogP contribution in [-0.4, -0.2) is 14.4 Å². The van der Waals surface area contributed by atoms with E-state index in [4.69, 9.17) is 5.26 Å². The van der Waals surface area contributed by atoms with Crippen LogP contribution < -0.4 is 0 Å². The largest absolute Gasteiger partial charge is 0.283 e. The van der Waals surface area contributed by atoms with E-state index in [-0.39, 0.29) is 0 Å². The molecule has 0 unspecified atom stereocenters. The molecule has 0 spiro atoms. The Balaban J connectivity index is 2.40. The number of rotatable bonds is 1. The van der Waals surface area contributed by atoms with E-state index in [1.54, 1.807) is 6.20 Å². The lowest BCUT2D eigenvalue weighted by molar-refractivity contribution is 1.07. The zero-order valence-electron chi connectivity index (χ0n) is 9.21. The van der Waals surface area contributed by atoms with Gasteiger partial charge < -0.3 is 0 Å². The zero-order valence-corrected chi connectivity index (χ0v) is 10.8. The predicted molar refractivity (Wildman–Crippen MR) is 70.8 cm³/mol. The summed E-state index contributed by atoms with van der Waals surface area (Å²) >= 11 is 3.36. The van der Waals surface area contributed by atoms with Gasteiger partial charge in [0.15, 0.2) is 11.3 Å². The fourth-order valence-corrected chi connectivity index (χ4v) is 2.29. The Morgan fingerprint density at radius 1 is 1.22 bits per heavy atom. The molecule has 0 radical (unpaired) electrons. The lowest BCUT2D eigenvalue weighted by Gasteiger charge is -2.07. The van der Waals surface area contributed by atoms with E-state index in [0.717, 1.165) is 5.56 Å². The van der Waals surface area contributed by atoms with Crippen molar-refractivity contribution in [3.8, 4) is 17.5 Å². The standard InChI is InChI=1S/C13H7BrN4/c14-11-10(8-15)17-12(9-4-2-1-3-5-9)18-7-6-16-13(11)18/h1-7H. The summed E-state index contributed by atoms with van der Waals surface area (Å²) in [4.78, 5) is 8.61. The number of nitriles is 1. The lowest BCUT2D eigenvalue weighted by atomic mass is 10.2. The maximum absolute atomic E-state index is 9.11. The van der Waals surface area contributed by atoms with Crippen LogP contribution in [0.2, 0.25) is 0 Å². The molecule has 0 aliphatic heterocycles. The molecule has 86 valence electrons. The van der Waals surface area contributed by atoms with Gasteiger partial charge in [-0.3, -0.25) is 4.40 Å². The average molecular weight is 299 g/mol. The molecule has 1 aromatic carbocycles. The molecule has 0 amide bonds. The first-order chi connectivity index (χ1) is 8.81. The fourth-order valence-electron chi connectivity index (χ4n) is 1.82. The van der Waals surface area contributed by atoms with E-state index in [0.29, 0.717) is 21.6 Å². The van der Waals surface area contributed by atoms with Crippen molar-refractivity contribution in [1.82, 2.24) is 14.4 Å². The van der Waals surface area contributed by atoms with Gasteiger partial charge in [0.2, 0.25) is 0 Å². The Hall–Kier alpha value is -2.19. The van der Waals surface area contributed by atoms with Gasteiger partial charge in [-0.05, 0) is 15.9 Å². The van der Waals surface area contributed by atoms with Gasteiger partial charge in [-0.25, -0.2) is 9.97 Å². The number of hydrogen-bond donors (Lipinski definition) is 0. The highest BCUT2D eigenvalue weighted by molar-refractivity contribution is 9.10. The average Bonchev–Trinajstić information content (AvgIpc) is 2.90. The zero-order chi connectivity index (χ0) is 12.5. The first-order valence-corrected chi connectivity index (χ1v) is 6.08. The molecule has 0 atom stereocenters. The molecule has 2 heterocycles. The van der Waals surface area contributed by atoms with Crippen molar-refractivity contribution in [3.05, 3.63) is 52.9 Å². The molecular formula is C13H7BrN4. The SMILES string of the molecule is N#Cc1nc(-c2ccccc2)n2ccnc2c1Br. The van der Waals surface area contributed by atoms with Gasteiger partial charge in [-0.1, -0.05) is 30.3 Å². The van der Waals surface area contributed by atoms with Crippen LogP contribution in [0.4, 0.5) is 0 Å². The number of fused-ring (bicyclic) bond motifs is 1. The third-order valence-electron chi connectivity index (χ3n) is 2.63. The van der Waals surface area contributed by atoms with Crippen molar-refractivity contribution in [2.24, 2.45) is 0 Å². The Bertz CT molecular complexity index is 756. The number of hydrogen-bond acceptors (Lipinski definition) is 3. The molecule has 0 saturated carbocycles. The van der Waals surface area contributed by atoms with Gasteiger partial charge in [0.05, 0.1) is 4.47 Å². The summed E-state index contributed by atoms with van der Waals surface area (Å²) in [5.41, 5.74) is 1.98. The van der Waals surface area contributed by atoms with Gasteiger partial charge in [-0.15, -0.1) is 0 Å². The maximum atomic E-state index is 9.11. The van der Waals surface area contributed by atoms with Gasteiger partial charge >= 0.3 is 0 Å². The highest BCUT2D eigenvalue weighted by Crippen LogP contribution is 2.25. The number of imidazole rings is 1. The van der Waals surface area contributed by atoms with E-state index in [1.165, 1.54) is 0 Å². The number of aromatic nitrogens is 3. The summed E-state index contributed by atoms with van der Waals surface area (Å²) < 4.78 is 2.48. The third-order valence-corrected chi connectivity index (χ3v) is 3.36. The van der Waals surface area contributed by atoms with Crippen molar-refractivity contribution in [2.75, 3.05) is 0 Å². The Labute approximate surface area is 112 Å². The van der Waals surface area contributed by atoms with Crippen LogP contribution in [-0.2, 0) is 0 Å². The number of halogens is 1. The second-order valence-corrected chi connectivity index (χ2v) is 4.49. The summed E-state index contributed by atoms with van der Waals surface area (Å²) in [7, 11) is 0. The van der Waals surface area contributed by atoms with E-state index in [1.807, 2.05) is 40.9 Å². The second-order valence-electron chi connectivity index (χ2n) is 3.70. The molecule has 3 aromatic rings. The van der Waals surface area contributed by atoms with Crippen molar-refractivity contribution < 1.29 is 0 Å². The number of benzene rings is 1. The Morgan fingerprint density at radius 3 is 2.72 bits per heavy atom. The van der Waals surface area contributed by atoms with E-state index in [2.05, 4.69) is 32.0 Å². The number of nitrogens with zero attached hydrogens (tertiary/aromatic N) is 4. The first-order valence-electron chi connectivity index (χ1n) is 5.29.